The van der Waals surface area contributed by atoms with E-state index >= 15 is 0 Å². The highest BCUT2D eigenvalue weighted by Crippen LogP contribution is 2.19. The van der Waals surface area contributed by atoms with Gasteiger partial charge in [-0.05, 0) is 31.1 Å². The maximum atomic E-state index is 6.24. The molecule has 0 radical (unpaired) electrons. The summed E-state index contributed by atoms with van der Waals surface area (Å²) in [7, 11) is 0. The van der Waals surface area contributed by atoms with Crippen molar-refractivity contribution in [3.63, 3.8) is 0 Å². The van der Waals surface area contributed by atoms with E-state index in [9.17, 15) is 0 Å². The van der Waals surface area contributed by atoms with Crippen LogP contribution in [0, 0.1) is 6.92 Å². The van der Waals surface area contributed by atoms with Crippen molar-refractivity contribution in [2.75, 3.05) is 31.1 Å². The highest BCUT2D eigenvalue weighted by atomic mass is 32.2. The smallest absolute Gasteiger partial charge is 0.0389 e. The van der Waals surface area contributed by atoms with E-state index in [4.69, 9.17) is 5.73 Å². The maximum Gasteiger partial charge on any atom is 0.0389 e. The Morgan fingerprint density at radius 3 is 2.50 bits per heavy atom. The minimum Gasteiger partial charge on any atom is -0.323 e. The van der Waals surface area contributed by atoms with E-state index in [1.807, 2.05) is 11.8 Å². The van der Waals surface area contributed by atoms with Crippen molar-refractivity contribution in [2.45, 2.75) is 26.8 Å². The molecule has 0 bridgehead atoms. The van der Waals surface area contributed by atoms with E-state index in [0.717, 1.165) is 25.4 Å². The van der Waals surface area contributed by atoms with Gasteiger partial charge >= 0.3 is 0 Å². The average Bonchev–Trinajstić information content (AvgIpc) is 2.39. The lowest BCUT2D eigenvalue weighted by molar-refractivity contribution is 0.324. The molecule has 3 heteroatoms. The normalized spacial score (nSPS) is 12.9. The van der Waals surface area contributed by atoms with Gasteiger partial charge in [0.2, 0.25) is 0 Å². The fraction of sp³-hybridized carbons (Fsp3) is 0.600. The molecule has 1 aromatic carbocycles. The first-order valence-electron chi connectivity index (χ1n) is 6.80. The van der Waals surface area contributed by atoms with Crippen molar-refractivity contribution < 1.29 is 0 Å². The number of aryl methyl sites for hydroxylation is 1. The Morgan fingerprint density at radius 1 is 1.22 bits per heavy atom. The highest BCUT2D eigenvalue weighted by Gasteiger charge is 2.08. The Morgan fingerprint density at radius 2 is 1.89 bits per heavy atom. The quantitative estimate of drug-likeness (QED) is 0.733. The topological polar surface area (TPSA) is 29.3 Å². The third kappa shape index (κ3) is 5.01. The number of hydrogen-bond donors (Lipinski definition) is 1. The zero-order valence-corrected chi connectivity index (χ0v) is 12.7. The van der Waals surface area contributed by atoms with Gasteiger partial charge in [-0.1, -0.05) is 38.1 Å². The zero-order valence-electron chi connectivity index (χ0n) is 11.9. The average molecular weight is 266 g/mol. The van der Waals surface area contributed by atoms with Crippen LogP contribution in [0.5, 0.6) is 0 Å². The van der Waals surface area contributed by atoms with Crippen molar-refractivity contribution in [3.8, 4) is 0 Å². The van der Waals surface area contributed by atoms with Gasteiger partial charge in [0.25, 0.3) is 0 Å². The summed E-state index contributed by atoms with van der Waals surface area (Å²) in [6.45, 7) is 10.0. The number of nitrogens with zero attached hydrogens (tertiary/aromatic N) is 1. The van der Waals surface area contributed by atoms with E-state index in [-0.39, 0.29) is 6.04 Å². The van der Waals surface area contributed by atoms with Gasteiger partial charge in [0, 0.05) is 24.1 Å². The Kier molecular flexibility index (Phi) is 7.40. The summed E-state index contributed by atoms with van der Waals surface area (Å²) in [6, 6.07) is 8.58. The molecule has 1 atom stereocenters. The second-order valence-corrected chi connectivity index (χ2v) is 5.71. The molecular formula is C15H26N2S. The van der Waals surface area contributed by atoms with E-state index in [2.05, 4.69) is 49.9 Å². The number of rotatable bonds is 8. The molecule has 0 spiro atoms. The second kappa shape index (κ2) is 8.57. The number of hydrogen-bond acceptors (Lipinski definition) is 3. The molecule has 18 heavy (non-hydrogen) atoms. The molecule has 1 unspecified atom stereocenters. The van der Waals surface area contributed by atoms with Gasteiger partial charge < -0.3 is 10.6 Å². The van der Waals surface area contributed by atoms with Crippen LogP contribution >= 0.6 is 11.8 Å². The lowest BCUT2D eigenvalue weighted by Crippen LogP contribution is -2.25. The van der Waals surface area contributed by atoms with E-state index in [1.165, 1.54) is 16.9 Å². The summed E-state index contributed by atoms with van der Waals surface area (Å²) in [4.78, 5) is 2.45. The molecule has 0 aliphatic rings. The van der Waals surface area contributed by atoms with Crippen molar-refractivity contribution in [2.24, 2.45) is 5.73 Å². The SMILES string of the molecule is CCN(CC)CCSCC(N)c1ccccc1C. The van der Waals surface area contributed by atoms with Crippen LogP contribution in [0.1, 0.15) is 31.0 Å². The molecule has 1 aromatic rings. The van der Waals surface area contributed by atoms with Gasteiger partial charge in [-0.25, -0.2) is 0 Å². The van der Waals surface area contributed by atoms with Gasteiger partial charge in [0.05, 0.1) is 0 Å². The van der Waals surface area contributed by atoms with Gasteiger partial charge in [0.15, 0.2) is 0 Å². The largest absolute Gasteiger partial charge is 0.323 e. The Bertz CT molecular complexity index is 337. The summed E-state index contributed by atoms with van der Waals surface area (Å²) in [6.07, 6.45) is 0. The van der Waals surface area contributed by atoms with Crippen LogP contribution in [0.4, 0.5) is 0 Å². The fourth-order valence-corrected chi connectivity index (χ4v) is 3.02. The molecule has 0 aliphatic heterocycles. The third-order valence-corrected chi connectivity index (χ3v) is 4.40. The predicted octanol–water partition coefficient (Wildman–Crippen LogP) is 3.07. The van der Waals surface area contributed by atoms with Crippen LogP contribution in [0.15, 0.2) is 24.3 Å². The molecule has 0 aliphatic carbocycles. The van der Waals surface area contributed by atoms with Gasteiger partial charge in [-0.3, -0.25) is 0 Å². The molecule has 0 saturated heterocycles. The van der Waals surface area contributed by atoms with E-state index in [0.29, 0.717) is 0 Å². The summed E-state index contributed by atoms with van der Waals surface area (Å²) in [5.74, 6) is 2.17. The molecular weight excluding hydrogens is 240 g/mol. The van der Waals surface area contributed by atoms with Gasteiger partial charge in [-0.15, -0.1) is 0 Å². The van der Waals surface area contributed by atoms with Gasteiger partial charge in [0.1, 0.15) is 0 Å². The molecule has 0 heterocycles. The van der Waals surface area contributed by atoms with Crippen LogP contribution in [-0.4, -0.2) is 36.0 Å². The standard InChI is InChI=1S/C15H26N2S/c1-4-17(5-2)10-11-18-12-15(16)14-9-7-6-8-13(14)3/h6-9,15H,4-5,10-12,16H2,1-3H3. The fourth-order valence-electron chi connectivity index (χ4n) is 2.04. The first kappa shape index (κ1) is 15.5. The zero-order chi connectivity index (χ0) is 13.4. The third-order valence-electron chi connectivity index (χ3n) is 3.33. The van der Waals surface area contributed by atoms with E-state index in [1.54, 1.807) is 0 Å². The summed E-state index contributed by atoms with van der Waals surface area (Å²) >= 11 is 1.96. The molecule has 2 N–H and O–H groups in total. The number of thioether (sulfide) groups is 1. The van der Waals surface area contributed by atoms with Crippen molar-refractivity contribution in [1.29, 1.82) is 0 Å². The Labute approximate surface area is 116 Å². The number of nitrogens with two attached hydrogens (primary N) is 1. The van der Waals surface area contributed by atoms with Crippen LogP contribution in [-0.2, 0) is 0 Å². The predicted molar refractivity (Wildman–Crippen MR) is 83.2 cm³/mol. The summed E-state index contributed by atoms with van der Waals surface area (Å²) in [5.41, 5.74) is 8.83. The molecule has 0 amide bonds. The van der Waals surface area contributed by atoms with Crippen LogP contribution in [0.2, 0.25) is 0 Å². The molecule has 0 saturated carbocycles. The maximum absolute atomic E-state index is 6.24. The lowest BCUT2D eigenvalue weighted by Gasteiger charge is -2.18. The lowest BCUT2D eigenvalue weighted by atomic mass is 10.0. The summed E-state index contributed by atoms with van der Waals surface area (Å²) in [5, 5.41) is 0. The van der Waals surface area contributed by atoms with E-state index < -0.39 is 0 Å². The van der Waals surface area contributed by atoms with Crippen LogP contribution in [0.25, 0.3) is 0 Å². The van der Waals surface area contributed by atoms with Crippen molar-refractivity contribution in [3.05, 3.63) is 35.4 Å². The highest BCUT2D eigenvalue weighted by molar-refractivity contribution is 7.99. The minimum absolute atomic E-state index is 0.160. The summed E-state index contributed by atoms with van der Waals surface area (Å²) < 4.78 is 0. The first-order valence-corrected chi connectivity index (χ1v) is 7.95. The molecule has 0 fully saturated rings. The Hall–Kier alpha value is -0.510. The molecule has 102 valence electrons. The monoisotopic (exact) mass is 266 g/mol. The molecule has 0 aromatic heterocycles. The van der Waals surface area contributed by atoms with Crippen LogP contribution in [0.3, 0.4) is 0 Å². The van der Waals surface area contributed by atoms with Crippen LogP contribution < -0.4 is 5.73 Å². The molecule has 1 rings (SSSR count). The van der Waals surface area contributed by atoms with Gasteiger partial charge in [-0.2, -0.15) is 11.8 Å². The minimum atomic E-state index is 0.160. The van der Waals surface area contributed by atoms with Crippen molar-refractivity contribution >= 4 is 11.8 Å². The first-order chi connectivity index (χ1) is 8.69. The number of benzene rings is 1. The second-order valence-electron chi connectivity index (χ2n) is 4.56. The van der Waals surface area contributed by atoms with Crippen molar-refractivity contribution in [1.82, 2.24) is 4.90 Å². The Balaban J connectivity index is 2.29. The molecule has 2 nitrogen and oxygen atoms in total.